The van der Waals surface area contributed by atoms with Crippen molar-refractivity contribution in [3.8, 4) is 0 Å². The number of aliphatic carboxylic acids is 1. The number of aliphatic hydroxyl groups is 1. The van der Waals surface area contributed by atoms with E-state index in [9.17, 15) is 15.0 Å². The molecular weight excluding hydrogens is 569 g/mol. The molecule has 0 aromatic carbocycles. The lowest BCUT2D eigenvalue weighted by Gasteiger charge is -2.22. The molecule has 0 radical (unpaired) electrons. The summed E-state index contributed by atoms with van der Waals surface area (Å²) in [5.74, 6) is 0.371. The third-order valence-electron chi connectivity index (χ3n) is 8.86. The molecule has 3 nitrogen and oxygen atoms in total. The monoisotopic (exact) mass is 645 g/mol. The number of thioether (sulfide) groups is 2. The van der Waals surface area contributed by atoms with Gasteiger partial charge >= 0.3 is 5.97 Å². The molecular formula is C38H76O3S2. The van der Waals surface area contributed by atoms with Crippen LogP contribution in [0.2, 0.25) is 0 Å². The Bertz CT molecular complexity index is 519. The minimum atomic E-state index is -1.68. The van der Waals surface area contributed by atoms with Crippen LogP contribution in [-0.4, -0.2) is 32.0 Å². The highest BCUT2D eigenvalue weighted by Gasteiger charge is 2.36. The first kappa shape index (κ1) is 43.1. The van der Waals surface area contributed by atoms with Gasteiger partial charge in [0.25, 0.3) is 4.27 Å². The fraction of sp³-hybridized carbons (Fsp3) is 0.974. The van der Waals surface area contributed by atoms with Gasteiger partial charge in [-0.15, -0.1) is 23.5 Å². The fourth-order valence-corrected chi connectivity index (χ4v) is 8.22. The Morgan fingerprint density at radius 3 is 0.767 bits per heavy atom. The lowest BCUT2D eigenvalue weighted by Crippen LogP contribution is -2.31. The summed E-state index contributed by atoms with van der Waals surface area (Å²) < 4.78 is -1.68. The summed E-state index contributed by atoms with van der Waals surface area (Å²) in [5.41, 5.74) is 0. The summed E-state index contributed by atoms with van der Waals surface area (Å²) in [5, 5.41) is 20.3. The summed E-state index contributed by atoms with van der Waals surface area (Å²) in [6.45, 7) is 4.56. The van der Waals surface area contributed by atoms with Crippen LogP contribution < -0.4 is 0 Å². The van der Waals surface area contributed by atoms with Crippen molar-refractivity contribution in [1.82, 2.24) is 0 Å². The fourth-order valence-electron chi connectivity index (χ4n) is 5.89. The molecule has 0 saturated carbocycles. The molecule has 0 spiro atoms. The highest BCUT2D eigenvalue weighted by molar-refractivity contribution is 8.19. The molecule has 0 fully saturated rings. The van der Waals surface area contributed by atoms with Gasteiger partial charge in [0.1, 0.15) is 0 Å². The first-order valence-electron chi connectivity index (χ1n) is 19.3. The molecule has 0 amide bonds. The highest BCUT2D eigenvalue weighted by Crippen LogP contribution is 2.36. The van der Waals surface area contributed by atoms with Crippen LogP contribution in [-0.2, 0) is 4.79 Å². The van der Waals surface area contributed by atoms with Gasteiger partial charge in [-0.05, 0) is 24.3 Å². The van der Waals surface area contributed by atoms with Gasteiger partial charge in [-0.2, -0.15) is 0 Å². The topological polar surface area (TPSA) is 57.5 Å². The van der Waals surface area contributed by atoms with Crippen molar-refractivity contribution in [3.05, 3.63) is 0 Å². The molecule has 0 atom stereocenters. The summed E-state index contributed by atoms with van der Waals surface area (Å²) in [7, 11) is 0. The maximum Gasteiger partial charge on any atom is 0.357 e. The first-order chi connectivity index (χ1) is 21.1. The largest absolute Gasteiger partial charge is 0.478 e. The van der Waals surface area contributed by atoms with E-state index in [0.717, 1.165) is 37.2 Å². The van der Waals surface area contributed by atoms with E-state index in [1.807, 2.05) is 0 Å². The predicted molar refractivity (Wildman–Crippen MR) is 197 cm³/mol. The van der Waals surface area contributed by atoms with Crippen molar-refractivity contribution in [2.24, 2.45) is 0 Å². The summed E-state index contributed by atoms with van der Waals surface area (Å²) in [6.07, 6.45) is 42.9. The first-order valence-corrected chi connectivity index (χ1v) is 21.3. The second-order valence-corrected chi connectivity index (χ2v) is 16.0. The molecule has 0 unspecified atom stereocenters. The lowest BCUT2D eigenvalue weighted by molar-refractivity contribution is -0.143. The van der Waals surface area contributed by atoms with Crippen LogP contribution in [0.25, 0.3) is 0 Å². The van der Waals surface area contributed by atoms with Gasteiger partial charge in [0.15, 0.2) is 0 Å². The minimum absolute atomic E-state index is 0.729. The number of carboxylic acid groups (broad SMARTS) is 1. The zero-order valence-electron chi connectivity index (χ0n) is 29.2. The summed E-state index contributed by atoms with van der Waals surface area (Å²) in [4.78, 5) is 11.7. The molecule has 0 aliphatic rings. The van der Waals surface area contributed by atoms with Crippen LogP contribution in [0, 0.1) is 0 Å². The van der Waals surface area contributed by atoms with Gasteiger partial charge in [-0.1, -0.05) is 206 Å². The second-order valence-electron chi connectivity index (χ2n) is 13.2. The molecule has 0 aromatic rings. The number of carboxylic acids is 1. The molecule has 0 aliphatic carbocycles. The lowest BCUT2D eigenvalue weighted by atomic mass is 10.0. The number of rotatable bonds is 37. The Kier molecular flexibility index (Phi) is 35.1. The highest BCUT2D eigenvalue weighted by atomic mass is 32.2. The van der Waals surface area contributed by atoms with Crippen molar-refractivity contribution >= 4 is 29.5 Å². The number of hydrogen-bond acceptors (Lipinski definition) is 4. The zero-order chi connectivity index (χ0) is 31.5. The zero-order valence-corrected chi connectivity index (χ0v) is 30.8. The van der Waals surface area contributed by atoms with Crippen LogP contribution in [0.15, 0.2) is 0 Å². The average molecular weight is 645 g/mol. The number of carbonyl (C=O) groups is 1. The Labute approximate surface area is 278 Å². The maximum absolute atomic E-state index is 11.7. The van der Waals surface area contributed by atoms with Crippen LogP contribution >= 0.6 is 23.5 Å². The predicted octanol–water partition coefficient (Wildman–Crippen LogP) is 13.7. The molecule has 0 aliphatic heterocycles. The summed E-state index contributed by atoms with van der Waals surface area (Å²) in [6, 6.07) is 0. The van der Waals surface area contributed by atoms with Crippen molar-refractivity contribution in [2.75, 3.05) is 11.5 Å². The molecule has 0 aromatic heterocycles. The molecule has 2 N–H and O–H groups in total. The van der Waals surface area contributed by atoms with E-state index in [4.69, 9.17) is 0 Å². The van der Waals surface area contributed by atoms with E-state index < -0.39 is 10.2 Å². The molecule has 0 heterocycles. The third kappa shape index (κ3) is 31.9. The Morgan fingerprint density at radius 1 is 0.395 bits per heavy atom. The van der Waals surface area contributed by atoms with E-state index >= 15 is 0 Å². The van der Waals surface area contributed by atoms with Crippen molar-refractivity contribution in [2.45, 2.75) is 224 Å². The molecule has 0 rings (SSSR count). The van der Waals surface area contributed by atoms with Crippen LogP contribution in [0.4, 0.5) is 0 Å². The quantitative estimate of drug-likeness (QED) is 0.0520. The third-order valence-corrected chi connectivity index (χ3v) is 11.7. The minimum Gasteiger partial charge on any atom is -0.478 e. The van der Waals surface area contributed by atoms with E-state index in [0.29, 0.717) is 0 Å². The van der Waals surface area contributed by atoms with Crippen molar-refractivity contribution in [3.63, 3.8) is 0 Å². The van der Waals surface area contributed by atoms with Crippen LogP contribution in [0.5, 0.6) is 0 Å². The van der Waals surface area contributed by atoms with Crippen molar-refractivity contribution in [1.29, 1.82) is 0 Å². The van der Waals surface area contributed by atoms with Gasteiger partial charge in [0, 0.05) is 0 Å². The molecule has 0 saturated heterocycles. The van der Waals surface area contributed by atoms with Gasteiger partial charge in [0.05, 0.1) is 0 Å². The number of unbranched alkanes of at least 4 members (excludes halogenated alkanes) is 30. The van der Waals surface area contributed by atoms with E-state index in [1.54, 1.807) is 0 Å². The van der Waals surface area contributed by atoms with Gasteiger partial charge < -0.3 is 10.2 Å². The second kappa shape index (κ2) is 35.0. The van der Waals surface area contributed by atoms with Crippen LogP contribution in [0.1, 0.15) is 219 Å². The van der Waals surface area contributed by atoms with Crippen LogP contribution in [0.3, 0.4) is 0 Å². The van der Waals surface area contributed by atoms with E-state index in [2.05, 4.69) is 13.8 Å². The van der Waals surface area contributed by atoms with Gasteiger partial charge in [-0.25, -0.2) is 4.79 Å². The standard InChI is InChI=1S/C38H76O3S2/c1-3-5-7-9-11-13-15-17-19-21-23-25-27-29-31-33-35-42-38(41,37(39)40)43-36-34-32-30-28-26-24-22-20-18-16-14-12-10-8-6-4-2/h41H,3-36H2,1-2H3,(H,39,40). The molecule has 258 valence electrons. The Morgan fingerprint density at radius 2 is 0.581 bits per heavy atom. The summed E-state index contributed by atoms with van der Waals surface area (Å²) >= 11 is 2.45. The maximum atomic E-state index is 11.7. The molecule has 5 heteroatoms. The smallest absolute Gasteiger partial charge is 0.357 e. The van der Waals surface area contributed by atoms with Gasteiger partial charge in [-0.3, -0.25) is 0 Å². The van der Waals surface area contributed by atoms with E-state index in [-0.39, 0.29) is 0 Å². The Balaban J connectivity index is 3.49. The normalized spacial score (nSPS) is 11.9. The van der Waals surface area contributed by atoms with Crippen molar-refractivity contribution < 1.29 is 15.0 Å². The average Bonchev–Trinajstić information content (AvgIpc) is 3.00. The molecule has 43 heavy (non-hydrogen) atoms. The van der Waals surface area contributed by atoms with Gasteiger partial charge in [0.2, 0.25) is 0 Å². The van der Waals surface area contributed by atoms with E-state index in [1.165, 1.54) is 203 Å². The SMILES string of the molecule is CCCCCCCCCCCCCCCCCCSC(O)(SCCCCCCCCCCCCCCCCCC)C(=O)O. The Hall–Kier alpha value is 0.130. The molecule has 0 bridgehead atoms. The number of hydrogen-bond donors (Lipinski definition) is 2.